The second-order valence-electron chi connectivity index (χ2n) is 7.45. The molecule has 0 aliphatic heterocycles. The van der Waals surface area contributed by atoms with Crippen LogP contribution in [0.25, 0.3) is 0 Å². The Morgan fingerprint density at radius 3 is 1.24 bits per heavy atom. The maximum atomic E-state index is 14.5. The fourth-order valence-electron chi connectivity index (χ4n) is 3.91. The Bertz CT molecular complexity index is 1080. The summed E-state index contributed by atoms with van der Waals surface area (Å²) in [7, 11) is 4.91. The van der Waals surface area contributed by atoms with Gasteiger partial charge in [0.25, 0.3) is 0 Å². The molecule has 3 rings (SSSR count). The average molecular weight is 478 g/mol. The molecule has 0 fully saturated rings. The minimum absolute atomic E-state index is 0.0427. The predicted octanol–water partition coefficient (Wildman–Crippen LogP) is 4.46. The van der Waals surface area contributed by atoms with Crippen molar-refractivity contribution in [2.45, 2.75) is 12.8 Å². The van der Waals surface area contributed by atoms with Crippen LogP contribution in [-0.4, -0.2) is 40.3 Å². The average Bonchev–Trinajstić information content (AvgIpc) is 2.81. The second-order valence-corrected chi connectivity index (χ2v) is 7.45. The number of hydrogen-bond donors (Lipinski definition) is 0. The standard InChI is InChI=1S/C24H22F4N2O4/c1-29(21-15(25)7-5-8-16(21)26)19-11-14(24(32)34-4)20(12-13(19)23(31)33-3)30(2)22-17(27)9-6-10-18(22)28/h5-10H,11-12H2,1-4H3. The van der Waals surface area contributed by atoms with E-state index < -0.39 is 46.6 Å². The van der Waals surface area contributed by atoms with Crippen LogP contribution in [0.1, 0.15) is 12.8 Å². The number of carbonyl (C=O) groups excluding carboxylic acids is 2. The number of anilines is 2. The molecule has 1 aliphatic rings. The second kappa shape index (κ2) is 9.98. The van der Waals surface area contributed by atoms with Crippen LogP contribution in [0, 0.1) is 23.3 Å². The highest BCUT2D eigenvalue weighted by atomic mass is 19.1. The number of benzene rings is 2. The SMILES string of the molecule is COC(=O)C1=C(N(C)c2c(F)cccc2F)CC(C(=O)OC)=C(N(C)c2c(F)cccc2F)C1. The van der Waals surface area contributed by atoms with Crippen LogP contribution in [0.4, 0.5) is 28.9 Å². The predicted molar refractivity (Wildman–Crippen MR) is 117 cm³/mol. The molecule has 2 aromatic rings. The summed E-state index contributed by atoms with van der Waals surface area (Å²) in [6, 6.07) is 6.57. The molecule has 0 saturated carbocycles. The Hall–Kier alpha value is -3.82. The van der Waals surface area contributed by atoms with E-state index in [9.17, 15) is 27.2 Å². The number of rotatable bonds is 6. The van der Waals surface area contributed by atoms with Gasteiger partial charge in [0.2, 0.25) is 0 Å². The first-order valence-corrected chi connectivity index (χ1v) is 10.1. The summed E-state index contributed by atoms with van der Waals surface area (Å²) >= 11 is 0. The number of allylic oxidation sites excluding steroid dienone is 2. The van der Waals surface area contributed by atoms with Gasteiger partial charge in [0.15, 0.2) is 0 Å². The van der Waals surface area contributed by atoms with Crippen LogP contribution < -0.4 is 9.80 Å². The van der Waals surface area contributed by atoms with Gasteiger partial charge in [-0.25, -0.2) is 27.2 Å². The maximum absolute atomic E-state index is 14.5. The van der Waals surface area contributed by atoms with E-state index in [-0.39, 0.29) is 35.4 Å². The van der Waals surface area contributed by atoms with Crippen LogP contribution in [-0.2, 0) is 19.1 Å². The van der Waals surface area contributed by atoms with Gasteiger partial charge >= 0.3 is 11.9 Å². The van der Waals surface area contributed by atoms with Crippen molar-refractivity contribution in [3.8, 4) is 0 Å². The van der Waals surface area contributed by atoms with E-state index >= 15 is 0 Å². The molecule has 0 saturated heterocycles. The van der Waals surface area contributed by atoms with Crippen molar-refractivity contribution in [1.82, 2.24) is 0 Å². The number of para-hydroxylation sites is 2. The van der Waals surface area contributed by atoms with Crippen molar-refractivity contribution in [3.63, 3.8) is 0 Å². The molecule has 10 heteroatoms. The lowest BCUT2D eigenvalue weighted by Crippen LogP contribution is -2.32. The van der Waals surface area contributed by atoms with E-state index in [1.165, 1.54) is 26.2 Å². The molecule has 0 aromatic heterocycles. The van der Waals surface area contributed by atoms with E-state index in [4.69, 9.17) is 9.47 Å². The molecule has 0 unspecified atom stereocenters. The molecule has 0 amide bonds. The Labute approximate surface area is 193 Å². The van der Waals surface area contributed by atoms with Crippen molar-refractivity contribution < 1.29 is 36.6 Å². The van der Waals surface area contributed by atoms with Gasteiger partial charge in [-0.15, -0.1) is 0 Å². The van der Waals surface area contributed by atoms with Crippen molar-refractivity contribution in [2.75, 3.05) is 38.1 Å². The van der Waals surface area contributed by atoms with Crippen molar-refractivity contribution in [3.05, 3.63) is 82.2 Å². The molecule has 1 aliphatic carbocycles. The summed E-state index contributed by atoms with van der Waals surface area (Å²) in [5, 5.41) is 0. The fraction of sp³-hybridized carbons (Fsp3) is 0.250. The van der Waals surface area contributed by atoms with Gasteiger partial charge in [0, 0.05) is 38.3 Å². The zero-order valence-corrected chi connectivity index (χ0v) is 18.9. The first-order chi connectivity index (χ1) is 16.1. The highest BCUT2D eigenvalue weighted by Crippen LogP contribution is 2.39. The summed E-state index contributed by atoms with van der Waals surface area (Å²) in [5.41, 5.74) is -0.831. The Kier molecular flexibility index (Phi) is 7.29. The Morgan fingerprint density at radius 2 is 0.971 bits per heavy atom. The lowest BCUT2D eigenvalue weighted by molar-refractivity contribution is -0.137. The van der Waals surface area contributed by atoms with Crippen molar-refractivity contribution >= 4 is 23.3 Å². The molecule has 0 spiro atoms. The largest absolute Gasteiger partial charge is 0.466 e. The monoisotopic (exact) mass is 478 g/mol. The quantitative estimate of drug-likeness (QED) is 0.451. The Balaban J connectivity index is 2.19. The number of hydrogen-bond acceptors (Lipinski definition) is 6. The number of halogens is 4. The van der Waals surface area contributed by atoms with Crippen LogP contribution >= 0.6 is 0 Å². The first kappa shape index (κ1) is 24.8. The molecule has 0 heterocycles. The third-order valence-electron chi connectivity index (χ3n) is 5.60. The molecule has 0 bridgehead atoms. The number of methoxy groups -OCH3 is 2. The zero-order chi connectivity index (χ0) is 25.2. The molecule has 6 nitrogen and oxygen atoms in total. The number of ether oxygens (including phenoxy) is 2. The van der Waals surface area contributed by atoms with Gasteiger partial charge < -0.3 is 19.3 Å². The number of carbonyl (C=O) groups is 2. The number of nitrogens with zero attached hydrogens (tertiary/aromatic N) is 2. The maximum Gasteiger partial charge on any atom is 0.335 e. The normalized spacial score (nSPS) is 13.6. The van der Waals surface area contributed by atoms with E-state index in [0.29, 0.717) is 0 Å². The summed E-state index contributed by atoms with van der Waals surface area (Å²) in [4.78, 5) is 27.6. The molecule has 0 N–H and O–H groups in total. The van der Waals surface area contributed by atoms with Gasteiger partial charge in [0.05, 0.1) is 25.4 Å². The van der Waals surface area contributed by atoms with Crippen LogP contribution in [0.5, 0.6) is 0 Å². The molecular formula is C24H22F4N2O4. The summed E-state index contributed by atoms with van der Waals surface area (Å²) in [6.45, 7) is 0. The van der Waals surface area contributed by atoms with Crippen molar-refractivity contribution in [2.24, 2.45) is 0 Å². The summed E-state index contributed by atoms with van der Waals surface area (Å²) < 4.78 is 67.7. The van der Waals surface area contributed by atoms with E-state index in [2.05, 4.69) is 0 Å². The summed E-state index contributed by atoms with van der Waals surface area (Å²) in [6.07, 6.45) is -0.645. The van der Waals surface area contributed by atoms with E-state index in [1.807, 2.05) is 0 Å². The molecule has 0 radical (unpaired) electrons. The fourth-order valence-corrected chi connectivity index (χ4v) is 3.91. The highest BCUT2D eigenvalue weighted by Gasteiger charge is 2.35. The van der Waals surface area contributed by atoms with Gasteiger partial charge in [0.1, 0.15) is 34.6 Å². The first-order valence-electron chi connectivity index (χ1n) is 10.1. The lowest BCUT2D eigenvalue weighted by atomic mass is 9.90. The molecular weight excluding hydrogens is 456 g/mol. The Morgan fingerprint density at radius 1 is 0.676 bits per heavy atom. The lowest BCUT2D eigenvalue weighted by Gasteiger charge is -2.34. The van der Waals surface area contributed by atoms with Gasteiger partial charge in [-0.05, 0) is 24.3 Å². The molecule has 34 heavy (non-hydrogen) atoms. The van der Waals surface area contributed by atoms with Crippen molar-refractivity contribution in [1.29, 1.82) is 0 Å². The highest BCUT2D eigenvalue weighted by molar-refractivity contribution is 5.96. The van der Waals surface area contributed by atoms with E-state index in [1.54, 1.807) is 0 Å². The van der Waals surface area contributed by atoms with Crippen LogP contribution in [0.15, 0.2) is 58.9 Å². The topological polar surface area (TPSA) is 59.1 Å². The third kappa shape index (κ3) is 4.48. The van der Waals surface area contributed by atoms with Gasteiger partial charge in [-0.2, -0.15) is 0 Å². The molecule has 180 valence electrons. The van der Waals surface area contributed by atoms with Gasteiger partial charge in [-0.3, -0.25) is 0 Å². The van der Waals surface area contributed by atoms with Crippen LogP contribution in [0.2, 0.25) is 0 Å². The third-order valence-corrected chi connectivity index (χ3v) is 5.60. The van der Waals surface area contributed by atoms with Crippen LogP contribution in [0.3, 0.4) is 0 Å². The number of esters is 2. The molecule has 2 aromatic carbocycles. The molecule has 0 atom stereocenters. The zero-order valence-electron chi connectivity index (χ0n) is 18.9. The van der Waals surface area contributed by atoms with E-state index in [0.717, 1.165) is 48.3 Å². The summed E-state index contributed by atoms with van der Waals surface area (Å²) in [5.74, 6) is -5.22. The minimum Gasteiger partial charge on any atom is -0.466 e. The van der Waals surface area contributed by atoms with Gasteiger partial charge in [-0.1, -0.05) is 12.1 Å². The minimum atomic E-state index is -0.890. The smallest absolute Gasteiger partial charge is 0.335 e.